The number of carbonyl (C=O) groups is 4. The summed E-state index contributed by atoms with van der Waals surface area (Å²) >= 11 is 0. The summed E-state index contributed by atoms with van der Waals surface area (Å²) in [4.78, 5) is 58.3. The molecule has 13 nitrogen and oxygen atoms in total. The first-order valence-corrected chi connectivity index (χ1v) is 15.7. The van der Waals surface area contributed by atoms with Crippen molar-refractivity contribution in [3.05, 3.63) is 53.6 Å². The van der Waals surface area contributed by atoms with Crippen LogP contribution in [0.3, 0.4) is 0 Å². The van der Waals surface area contributed by atoms with Crippen LogP contribution in [0.15, 0.2) is 42.5 Å². The molecular weight excluding hydrogens is 622 g/mol. The lowest BCUT2D eigenvalue weighted by Gasteiger charge is -2.41. The van der Waals surface area contributed by atoms with Gasteiger partial charge in [-0.05, 0) is 53.2 Å². The molecule has 0 saturated carbocycles. The Morgan fingerprint density at radius 2 is 1.35 bits per heavy atom. The summed E-state index contributed by atoms with van der Waals surface area (Å²) in [6.45, 7) is 11.4. The fraction of sp³-hybridized carbons (Fsp3) is 0.543. The van der Waals surface area contributed by atoms with E-state index in [4.69, 9.17) is 28.4 Å². The molecule has 2 amide bonds. The van der Waals surface area contributed by atoms with Gasteiger partial charge in [0.25, 0.3) is 11.4 Å². The van der Waals surface area contributed by atoms with E-state index in [9.17, 15) is 19.2 Å². The van der Waals surface area contributed by atoms with Gasteiger partial charge in [-0.1, -0.05) is 36.4 Å². The first kappa shape index (κ1) is 38.1. The average Bonchev–Trinajstić information content (AvgIpc) is 3.02. The molecule has 1 N–H and O–H groups in total. The maximum atomic E-state index is 14.5. The van der Waals surface area contributed by atoms with Crippen LogP contribution in [0.1, 0.15) is 52.7 Å². The summed E-state index contributed by atoms with van der Waals surface area (Å²) in [6, 6.07) is 12.7. The van der Waals surface area contributed by atoms with Crippen LogP contribution in [0.25, 0.3) is 0 Å². The minimum atomic E-state index is -2.65. The number of benzene rings is 2. The van der Waals surface area contributed by atoms with Crippen molar-refractivity contribution >= 4 is 24.3 Å². The van der Waals surface area contributed by atoms with E-state index in [1.807, 2.05) is 12.1 Å². The smallest absolute Gasteiger partial charge is 0.347 e. The maximum Gasteiger partial charge on any atom is 0.347 e. The van der Waals surface area contributed by atoms with E-state index in [0.717, 1.165) is 5.56 Å². The van der Waals surface area contributed by atoms with Crippen molar-refractivity contribution in [2.45, 2.75) is 77.5 Å². The Labute approximate surface area is 282 Å². The Bertz CT molecular complexity index is 1380. The highest BCUT2D eigenvalue weighted by Gasteiger charge is 2.61. The summed E-state index contributed by atoms with van der Waals surface area (Å²) in [7, 11) is 4.65. The number of ether oxygens (including phenoxy) is 6. The van der Waals surface area contributed by atoms with Crippen LogP contribution in [0.4, 0.5) is 0 Å². The third-order valence-corrected chi connectivity index (χ3v) is 7.47. The molecule has 2 aromatic rings. The Hall–Kier alpha value is -4.36. The van der Waals surface area contributed by atoms with E-state index in [1.165, 1.54) is 4.90 Å². The van der Waals surface area contributed by atoms with Gasteiger partial charge in [0.05, 0.1) is 27.9 Å². The lowest BCUT2D eigenvalue weighted by molar-refractivity contribution is -0.194. The molecular formula is C35H49N3O10. The number of amides is 2. The number of methoxy groups -OCH3 is 3. The minimum absolute atomic E-state index is 0.149. The number of hydrogen-bond acceptors (Lipinski definition) is 11. The standard InChI is InChI=1S/C35H49N3O10/c1-33(2,3)47-31(41)35(36-23-39,32(42)48-34(4,5)6)29(46-22-24-13-11-10-12-14-24)30(40)38-19-17-37(18-20-38)21-25-15-16-26(43-7)28(45-9)27(25)44-8/h10-16,23,29H,17-22H2,1-9H3,(H,36,39). The van der Waals surface area contributed by atoms with Crippen LogP contribution in [0.2, 0.25) is 0 Å². The fourth-order valence-electron chi connectivity index (χ4n) is 5.26. The zero-order valence-corrected chi connectivity index (χ0v) is 29.4. The molecule has 0 bridgehead atoms. The van der Waals surface area contributed by atoms with E-state index in [2.05, 4.69) is 10.2 Å². The summed E-state index contributed by atoms with van der Waals surface area (Å²) in [5.74, 6) is -1.47. The molecule has 48 heavy (non-hydrogen) atoms. The fourth-order valence-corrected chi connectivity index (χ4v) is 5.26. The second-order valence-corrected chi connectivity index (χ2v) is 13.3. The second kappa shape index (κ2) is 16.2. The predicted octanol–water partition coefficient (Wildman–Crippen LogP) is 3.11. The van der Waals surface area contributed by atoms with Crippen molar-refractivity contribution in [3.8, 4) is 17.2 Å². The van der Waals surface area contributed by atoms with E-state index in [1.54, 1.807) is 93.2 Å². The lowest BCUT2D eigenvalue weighted by Crippen LogP contribution is -2.72. The van der Waals surface area contributed by atoms with Crippen LogP contribution >= 0.6 is 0 Å². The van der Waals surface area contributed by atoms with Gasteiger partial charge in [-0.2, -0.15) is 0 Å². The van der Waals surface area contributed by atoms with Gasteiger partial charge in [-0.3, -0.25) is 14.5 Å². The number of carbonyl (C=O) groups excluding carboxylic acids is 4. The van der Waals surface area contributed by atoms with Crippen molar-refractivity contribution < 1.29 is 47.6 Å². The first-order chi connectivity index (χ1) is 22.6. The zero-order valence-electron chi connectivity index (χ0n) is 29.4. The number of piperazine rings is 1. The molecule has 1 aliphatic rings. The van der Waals surface area contributed by atoms with Gasteiger partial charge in [0.2, 0.25) is 12.2 Å². The number of rotatable bonds is 14. The molecule has 0 radical (unpaired) electrons. The number of nitrogens with zero attached hydrogens (tertiary/aromatic N) is 2. The van der Waals surface area contributed by atoms with Crippen LogP contribution in [-0.4, -0.2) is 104 Å². The molecule has 1 aliphatic heterocycles. The quantitative estimate of drug-likeness (QED) is 0.180. The Morgan fingerprint density at radius 1 is 0.792 bits per heavy atom. The normalized spacial score (nSPS) is 14.8. The van der Waals surface area contributed by atoms with E-state index in [0.29, 0.717) is 42.4 Å². The largest absolute Gasteiger partial charge is 0.493 e. The topological polar surface area (TPSA) is 142 Å². The Kier molecular flexibility index (Phi) is 12.8. The minimum Gasteiger partial charge on any atom is -0.493 e. The third-order valence-electron chi connectivity index (χ3n) is 7.47. The molecule has 3 rings (SSSR count). The van der Waals surface area contributed by atoms with Gasteiger partial charge in [0.1, 0.15) is 11.2 Å². The molecule has 0 aliphatic carbocycles. The van der Waals surface area contributed by atoms with Crippen LogP contribution < -0.4 is 19.5 Å². The van der Waals surface area contributed by atoms with Crippen molar-refractivity contribution in [2.24, 2.45) is 0 Å². The number of hydrogen-bond donors (Lipinski definition) is 1. The van der Waals surface area contributed by atoms with Crippen LogP contribution in [0.5, 0.6) is 17.2 Å². The van der Waals surface area contributed by atoms with Gasteiger partial charge < -0.3 is 38.6 Å². The second-order valence-electron chi connectivity index (χ2n) is 13.3. The monoisotopic (exact) mass is 671 g/mol. The van der Waals surface area contributed by atoms with Gasteiger partial charge in [-0.15, -0.1) is 0 Å². The molecule has 1 fully saturated rings. The van der Waals surface area contributed by atoms with Gasteiger partial charge in [0, 0.05) is 38.3 Å². The predicted molar refractivity (Wildman–Crippen MR) is 177 cm³/mol. The SMILES string of the molecule is COc1ccc(CN2CCN(C(=O)C(OCc3ccccc3)C(NC=O)(C(=O)OC(C)(C)C)C(=O)OC(C)(C)C)CC2)c(OC)c1OC. The molecule has 0 aromatic heterocycles. The van der Waals surface area contributed by atoms with Gasteiger partial charge in [-0.25, -0.2) is 9.59 Å². The van der Waals surface area contributed by atoms with E-state index in [-0.39, 0.29) is 26.1 Å². The lowest BCUT2D eigenvalue weighted by atomic mass is 9.89. The third kappa shape index (κ3) is 9.38. The van der Waals surface area contributed by atoms with Crippen molar-refractivity contribution in [3.63, 3.8) is 0 Å². The highest BCUT2D eigenvalue weighted by Crippen LogP contribution is 2.40. The zero-order chi connectivity index (χ0) is 35.7. The molecule has 2 aromatic carbocycles. The highest BCUT2D eigenvalue weighted by molar-refractivity contribution is 6.12. The van der Waals surface area contributed by atoms with Crippen molar-refractivity contribution in [1.82, 2.24) is 15.1 Å². The molecule has 264 valence electrons. The van der Waals surface area contributed by atoms with Crippen molar-refractivity contribution in [2.75, 3.05) is 47.5 Å². The van der Waals surface area contributed by atoms with Crippen LogP contribution in [0, 0.1) is 0 Å². The summed E-state index contributed by atoms with van der Waals surface area (Å²) in [6.07, 6.45) is -1.65. The molecule has 1 unspecified atom stereocenters. The first-order valence-electron chi connectivity index (χ1n) is 15.7. The molecule has 1 heterocycles. The number of nitrogens with one attached hydrogen (secondary N) is 1. The van der Waals surface area contributed by atoms with E-state index < -0.39 is 40.7 Å². The Balaban J connectivity index is 1.98. The summed E-state index contributed by atoms with van der Waals surface area (Å²) in [5, 5.41) is 2.32. The Morgan fingerprint density at radius 3 is 1.83 bits per heavy atom. The van der Waals surface area contributed by atoms with E-state index >= 15 is 0 Å². The molecule has 13 heteroatoms. The highest BCUT2D eigenvalue weighted by atomic mass is 16.6. The molecule has 0 spiro atoms. The molecule has 1 atom stereocenters. The van der Waals surface area contributed by atoms with Crippen molar-refractivity contribution in [1.29, 1.82) is 0 Å². The van der Waals surface area contributed by atoms with Gasteiger partial charge >= 0.3 is 11.9 Å². The number of esters is 2. The summed E-state index contributed by atoms with van der Waals surface area (Å²) < 4.78 is 34.0. The molecule has 1 saturated heterocycles. The van der Waals surface area contributed by atoms with Crippen LogP contribution in [-0.2, 0) is 46.5 Å². The van der Waals surface area contributed by atoms with Gasteiger partial charge in [0.15, 0.2) is 17.6 Å². The average molecular weight is 672 g/mol. The maximum absolute atomic E-state index is 14.5. The summed E-state index contributed by atoms with van der Waals surface area (Å²) in [5.41, 5.74) is -3.28.